The number of halogens is 1. The number of fused-ring (bicyclic) bond motifs is 1. The maximum atomic E-state index is 13.1. The summed E-state index contributed by atoms with van der Waals surface area (Å²) in [6.45, 7) is 2.21. The van der Waals surface area contributed by atoms with Gasteiger partial charge in [-0.3, -0.25) is 4.79 Å². The molecule has 26 heavy (non-hydrogen) atoms. The second-order valence-corrected chi connectivity index (χ2v) is 6.49. The Morgan fingerprint density at radius 2 is 2.00 bits per heavy atom. The molecule has 2 aliphatic heterocycles. The van der Waals surface area contributed by atoms with Crippen molar-refractivity contribution in [2.75, 3.05) is 26.3 Å². The van der Waals surface area contributed by atoms with Crippen LogP contribution in [0.4, 0.5) is 4.39 Å². The summed E-state index contributed by atoms with van der Waals surface area (Å²) in [6.07, 6.45) is 4.13. The van der Waals surface area contributed by atoms with Crippen molar-refractivity contribution in [3.63, 3.8) is 0 Å². The Morgan fingerprint density at radius 1 is 1.15 bits per heavy atom. The van der Waals surface area contributed by atoms with Crippen molar-refractivity contribution in [3.05, 3.63) is 71.0 Å². The van der Waals surface area contributed by atoms with Gasteiger partial charge in [-0.15, -0.1) is 0 Å². The van der Waals surface area contributed by atoms with E-state index in [4.69, 9.17) is 9.47 Å². The van der Waals surface area contributed by atoms with E-state index in [-0.39, 0.29) is 17.8 Å². The first-order valence-corrected chi connectivity index (χ1v) is 8.79. The highest BCUT2D eigenvalue weighted by Crippen LogP contribution is 2.26. The number of nitrogens with zero attached hydrogens (tertiary/aromatic N) is 1. The summed E-state index contributed by atoms with van der Waals surface area (Å²) in [5.74, 6) is 0.612. The lowest BCUT2D eigenvalue weighted by Crippen LogP contribution is -2.41. The fourth-order valence-electron chi connectivity index (χ4n) is 3.31. The molecule has 1 amide bonds. The summed E-state index contributed by atoms with van der Waals surface area (Å²) >= 11 is 0. The van der Waals surface area contributed by atoms with Crippen LogP contribution in [0.5, 0.6) is 5.75 Å². The SMILES string of the molecule is O=C(/C=C/c1ccc2c(c1)CCO2)N1CCOC(c2ccc(F)cc2)C1. The molecule has 2 aromatic rings. The lowest BCUT2D eigenvalue weighted by atomic mass is 10.1. The predicted molar refractivity (Wildman–Crippen MR) is 96.3 cm³/mol. The van der Waals surface area contributed by atoms with Crippen molar-refractivity contribution in [3.8, 4) is 5.75 Å². The number of ether oxygens (including phenoxy) is 2. The van der Waals surface area contributed by atoms with Crippen LogP contribution in [0, 0.1) is 5.82 Å². The summed E-state index contributed by atoms with van der Waals surface area (Å²) in [6, 6.07) is 12.2. The number of amides is 1. The number of hydrogen-bond acceptors (Lipinski definition) is 3. The van der Waals surface area contributed by atoms with E-state index in [9.17, 15) is 9.18 Å². The van der Waals surface area contributed by atoms with Gasteiger partial charge in [-0.05, 0) is 47.0 Å². The monoisotopic (exact) mass is 353 g/mol. The highest BCUT2D eigenvalue weighted by atomic mass is 19.1. The molecule has 1 fully saturated rings. The van der Waals surface area contributed by atoms with Gasteiger partial charge in [-0.1, -0.05) is 18.2 Å². The summed E-state index contributed by atoms with van der Waals surface area (Å²) in [5, 5.41) is 0. The van der Waals surface area contributed by atoms with Crippen molar-refractivity contribution >= 4 is 12.0 Å². The van der Waals surface area contributed by atoms with Crippen LogP contribution < -0.4 is 4.74 Å². The first kappa shape index (κ1) is 16.8. The van der Waals surface area contributed by atoms with E-state index >= 15 is 0 Å². The average Bonchev–Trinajstić information content (AvgIpc) is 3.14. The second kappa shape index (κ2) is 7.30. The quantitative estimate of drug-likeness (QED) is 0.794. The molecule has 4 rings (SSSR count). The van der Waals surface area contributed by atoms with E-state index in [2.05, 4.69) is 6.07 Å². The number of hydrogen-bond donors (Lipinski definition) is 0. The Balaban J connectivity index is 1.41. The van der Waals surface area contributed by atoms with Crippen molar-refractivity contribution in [2.24, 2.45) is 0 Å². The molecule has 2 heterocycles. The van der Waals surface area contributed by atoms with Gasteiger partial charge in [-0.2, -0.15) is 0 Å². The molecule has 0 saturated carbocycles. The zero-order chi connectivity index (χ0) is 17.9. The number of morpholine rings is 1. The lowest BCUT2D eigenvalue weighted by molar-refractivity contribution is -0.133. The molecule has 2 aromatic carbocycles. The summed E-state index contributed by atoms with van der Waals surface area (Å²) in [5.41, 5.74) is 3.06. The maximum absolute atomic E-state index is 13.1. The normalized spacial score (nSPS) is 19.4. The maximum Gasteiger partial charge on any atom is 0.246 e. The Hall–Kier alpha value is -2.66. The molecule has 0 spiro atoms. The van der Waals surface area contributed by atoms with Crippen LogP contribution in [0.3, 0.4) is 0 Å². The topological polar surface area (TPSA) is 38.8 Å². The molecule has 4 nitrogen and oxygen atoms in total. The van der Waals surface area contributed by atoms with Crippen LogP contribution in [-0.4, -0.2) is 37.1 Å². The van der Waals surface area contributed by atoms with E-state index in [0.29, 0.717) is 19.7 Å². The highest BCUT2D eigenvalue weighted by Gasteiger charge is 2.24. The van der Waals surface area contributed by atoms with E-state index in [1.807, 2.05) is 18.2 Å². The minimum Gasteiger partial charge on any atom is -0.493 e. The number of carbonyl (C=O) groups excluding carboxylic acids is 1. The summed E-state index contributed by atoms with van der Waals surface area (Å²) in [7, 11) is 0. The predicted octanol–water partition coefficient (Wildman–Crippen LogP) is 3.37. The molecule has 134 valence electrons. The molecule has 0 aromatic heterocycles. The van der Waals surface area contributed by atoms with Gasteiger partial charge in [0.1, 0.15) is 17.7 Å². The van der Waals surface area contributed by atoms with Gasteiger partial charge in [0.15, 0.2) is 0 Å². The Morgan fingerprint density at radius 3 is 2.85 bits per heavy atom. The van der Waals surface area contributed by atoms with Gasteiger partial charge >= 0.3 is 0 Å². The van der Waals surface area contributed by atoms with Crippen molar-refractivity contribution < 1.29 is 18.7 Å². The van der Waals surface area contributed by atoms with Gasteiger partial charge in [0, 0.05) is 19.0 Å². The minimum atomic E-state index is -0.278. The van der Waals surface area contributed by atoms with Gasteiger partial charge in [-0.25, -0.2) is 4.39 Å². The third kappa shape index (κ3) is 3.63. The lowest BCUT2D eigenvalue weighted by Gasteiger charge is -2.32. The van der Waals surface area contributed by atoms with Crippen LogP contribution >= 0.6 is 0 Å². The Labute approximate surface area is 151 Å². The molecule has 2 aliphatic rings. The third-order valence-electron chi connectivity index (χ3n) is 4.75. The molecule has 1 unspecified atom stereocenters. The van der Waals surface area contributed by atoms with E-state index in [0.717, 1.165) is 29.9 Å². The number of rotatable bonds is 3. The molecule has 5 heteroatoms. The van der Waals surface area contributed by atoms with Gasteiger partial charge < -0.3 is 14.4 Å². The van der Waals surface area contributed by atoms with Crippen LogP contribution in [-0.2, 0) is 16.0 Å². The zero-order valence-electron chi connectivity index (χ0n) is 14.4. The molecule has 1 atom stereocenters. The van der Waals surface area contributed by atoms with E-state index in [1.165, 1.54) is 17.7 Å². The third-order valence-corrected chi connectivity index (χ3v) is 4.75. The minimum absolute atomic E-state index is 0.0443. The fraction of sp³-hybridized carbons (Fsp3) is 0.286. The summed E-state index contributed by atoms with van der Waals surface area (Å²) < 4.78 is 24.3. The molecule has 0 bridgehead atoms. The van der Waals surface area contributed by atoms with Crippen molar-refractivity contribution in [2.45, 2.75) is 12.5 Å². The van der Waals surface area contributed by atoms with Crippen molar-refractivity contribution in [1.29, 1.82) is 0 Å². The zero-order valence-corrected chi connectivity index (χ0v) is 14.4. The van der Waals surface area contributed by atoms with Gasteiger partial charge in [0.25, 0.3) is 0 Å². The molecule has 0 radical (unpaired) electrons. The highest BCUT2D eigenvalue weighted by molar-refractivity contribution is 5.92. The van der Waals surface area contributed by atoms with Crippen LogP contribution in [0.25, 0.3) is 6.08 Å². The van der Waals surface area contributed by atoms with E-state index in [1.54, 1.807) is 23.1 Å². The second-order valence-electron chi connectivity index (χ2n) is 6.49. The van der Waals surface area contributed by atoms with E-state index < -0.39 is 0 Å². The first-order valence-electron chi connectivity index (χ1n) is 8.79. The van der Waals surface area contributed by atoms with Gasteiger partial charge in [0.05, 0.1) is 19.8 Å². The standard InChI is InChI=1S/C21H20FNO3/c22-18-5-3-16(4-6-18)20-14-23(10-12-26-20)21(24)8-2-15-1-7-19-17(13-15)9-11-25-19/h1-8,13,20H,9-12,14H2/b8-2+. The van der Waals surface area contributed by atoms with Gasteiger partial charge in [0.2, 0.25) is 5.91 Å². The number of benzene rings is 2. The van der Waals surface area contributed by atoms with Crippen LogP contribution in [0.2, 0.25) is 0 Å². The smallest absolute Gasteiger partial charge is 0.246 e. The fourth-order valence-corrected chi connectivity index (χ4v) is 3.31. The Kier molecular flexibility index (Phi) is 4.71. The largest absolute Gasteiger partial charge is 0.493 e. The van der Waals surface area contributed by atoms with Crippen molar-refractivity contribution in [1.82, 2.24) is 4.90 Å². The van der Waals surface area contributed by atoms with Crippen LogP contribution in [0.15, 0.2) is 48.5 Å². The average molecular weight is 353 g/mol. The molecular weight excluding hydrogens is 333 g/mol. The Bertz CT molecular complexity index is 832. The molecular formula is C21H20FNO3. The van der Waals surface area contributed by atoms with Crippen LogP contribution in [0.1, 0.15) is 22.8 Å². The first-order chi connectivity index (χ1) is 12.7. The molecule has 0 aliphatic carbocycles. The molecule has 0 N–H and O–H groups in total. The summed E-state index contributed by atoms with van der Waals surface area (Å²) in [4.78, 5) is 14.3. The molecule has 1 saturated heterocycles. The number of carbonyl (C=O) groups is 1.